The van der Waals surface area contributed by atoms with Crippen LogP contribution < -0.4 is 10.5 Å². The molecule has 1 aromatic rings. The van der Waals surface area contributed by atoms with E-state index in [0.717, 1.165) is 37.5 Å². The highest BCUT2D eigenvalue weighted by Crippen LogP contribution is 2.13. The van der Waals surface area contributed by atoms with Crippen LogP contribution in [0.3, 0.4) is 0 Å². The molecule has 1 unspecified atom stereocenters. The molecule has 1 heterocycles. The molecule has 20 heavy (non-hydrogen) atoms. The minimum absolute atomic E-state index is 0.374. The van der Waals surface area contributed by atoms with Gasteiger partial charge in [-0.3, -0.25) is 4.90 Å². The fourth-order valence-electron chi connectivity index (χ4n) is 2.18. The van der Waals surface area contributed by atoms with Crippen molar-refractivity contribution in [3.05, 3.63) is 29.8 Å². The van der Waals surface area contributed by atoms with Crippen LogP contribution >= 0.6 is 0 Å². The Morgan fingerprint density at radius 3 is 3.15 bits per heavy atom. The van der Waals surface area contributed by atoms with Crippen molar-refractivity contribution in [2.75, 3.05) is 40.0 Å². The number of hydrogen-bond acceptors (Lipinski definition) is 4. The first kappa shape index (κ1) is 14.9. The van der Waals surface area contributed by atoms with Gasteiger partial charge in [-0.25, -0.2) is 0 Å². The predicted molar refractivity (Wildman–Crippen MR) is 79.7 cm³/mol. The van der Waals surface area contributed by atoms with E-state index in [1.165, 1.54) is 0 Å². The third kappa shape index (κ3) is 4.53. The van der Waals surface area contributed by atoms with Crippen LogP contribution in [-0.4, -0.2) is 50.9 Å². The molecule has 1 aliphatic rings. The number of ether oxygens (including phenoxy) is 2. The third-order valence-corrected chi connectivity index (χ3v) is 3.41. The minimum atomic E-state index is 0.374. The first-order valence-electron chi connectivity index (χ1n) is 6.99. The van der Waals surface area contributed by atoms with E-state index in [1.807, 2.05) is 24.3 Å². The van der Waals surface area contributed by atoms with E-state index in [2.05, 4.69) is 23.8 Å². The van der Waals surface area contributed by atoms with Gasteiger partial charge in [-0.05, 0) is 31.7 Å². The second kappa shape index (κ2) is 7.91. The average Bonchev–Trinajstić information content (AvgIpc) is 3.00. The standard InChI is InChI=1S/C16H22N2O2/c1-18(15-7-10-19-13-15)9-11-20-16-6-2-4-14(12-16)5-3-8-17/h2,4,6,12,15H,7-11,13,17H2,1H3. The van der Waals surface area contributed by atoms with Crippen molar-refractivity contribution in [3.8, 4) is 17.6 Å². The lowest BCUT2D eigenvalue weighted by Gasteiger charge is -2.22. The lowest BCUT2D eigenvalue weighted by molar-refractivity contribution is 0.147. The molecule has 4 heteroatoms. The normalized spacial score (nSPS) is 17.9. The monoisotopic (exact) mass is 274 g/mol. The Bertz CT molecular complexity index is 473. The van der Waals surface area contributed by atoms with E-state index in [9.17, 15) is 0 Å². The van der Waals surface area contributed by atoms with Crippen molar-refractivity contribution in [1.82, 2.24) is 4.90 Å². The molecular weight excluding hydrogens is 252 g/mol. The van der Waals surface area contributed by atoms with Crippen molar-refractivity contribution in [2.24, 2.45) is 5.73 Å². The zero-order valence-corrected chi connectivity index (χ0v) is 12.0. The molecule has 1 aromatic carbocycles. The van der Waals surface area contributed by atoms with Crippen molar-refractivity contribution < 1.29 is 9.47 Å². The Balaban J connectivity index is 1.78. The summed E-state index contributed by atoms with van der Waals surface area (Å²) in [6.45, 7) is 3.64. The van der Waals surface area contributed by atoms with E-state index < -0.39 is 0 Å². The van der Waals surface area contributed by atoms with Gasteiger partial charge in [0.1, 0.15) is 12.4 Å². The first-order valence-corrected chi connectivity index (χ1v) is 6.99. The fraction of sp³-hybridized carbons (Fsp3) is 0.500. The van der Waals surface area contributed by atoms with Crippen LogP contribution in [0, 0.1) is 11.8 Å². The molecule has 0 spiro atoms. The summed E-state index contributed by atoms with van der Waals surface area (Å²) in [5.41, 5.74) is 6.30. The Morgan fingerprint density at radius 2 is 2.40 bits per heavy atom. The predicted octanol–water partition coefficient (Wildman–Crippen LogP) is 1.10. The number of nitrogens with two attached hydrogens (primary N) is 1. The second-order valence-electron chi connectivity index (χ2n) is 4.88. The molecule has 1 saturated heterocycles. The second-order valence-corrected chi connectivity index (χ2v) is 4.88. The van der Waals surface area contributed by atoms with Gasteiger partial charge in [-0.15, -0.1) is 0 Å². The summed E-state index contributed by atoms with van der Waals surface area (Å²) < 4.78 is 11.2. The molecule has 1 atom stereocenters. The zero-order chi connectivity index (χ0) is 14.2. The van der Waals surface area contributed by atoms with Gasteiger partial charge >= 0.3 is 0 Å². The lowest BCUT2D eigenvalue weighted by Crippen LogP contribution is -2.35. The third-order valence-electron chi connectivity index (χ3n) is 3.41. The number of likely N-dealkylation sites (N-methyl/N-ethyl adjacent to an activating group) is 1. The summed E-state index contributed by atoms with van der Waals surface area (Å²) in [6.07, 6.45) is 1.11. The smallest absolute Gasteiger partial charge is 0.120 e. The fourth-order valence-corrected chi connectivity index (χ4v) is 2.18. The van der Waals surface area contributed by atoms with Gasteiger partial charge in [-0.2, -0.15) is 0 Å². The summed E-state index contributed by atoms with van der Waals surface area (Å²) >= 11 is 0. The molecule has 108 valence electrons. The summed E-state index contributed by atoms with van der Waals surface area (Å²) in [5.74, 6) is 6.70. The summed E-state index contributed by atoms with van der Waals surface area (Å²) in [4.78, 5) is 2.30. The van der Waals surface area contributed by atoms with Gasteiger partial charge < -0.3 is 15.2 Å². The minimum Gasteiger partial charge on any atom is -0.492 e. The van der Waals surface area contributed by atoms with Crippen molar-refractivity contribution in [1.29, 1.82) is 0 Å². The van der Waals surface area contributed by atoms with E-state index in [0.29, 0.717) is 19.2 Å². The molecule has 0 radical (unpaired) electrons. The lowest BCUT2D eigenvalue weighted by atomic mass is 10.2. The number of benzene rings is 1. The van der Waals surface area contributed by atoms with Crippen LogP contribution in [0.4, 0.5) is 0 Å². The zero-order valence-electron chi connectivity index (χ0n) is 12.0. The molecule has 0 saturated carbocycles. The Morgan fingerprint density at radius 1 is 1.50 bits per heavy atom. The van der Waals surface area contributed by atoms with Crippen molar-refractivity contribution in [2.45, 2.75) is 12.5 Å². The van der Waals surface area contributed by atoms with Gasteiger partial charge in [0.05, 0.1) is 13.2 Å². The highest BCUT2D eigenvalue weighted by Gasteiger charge is 2.19. The van der Waals surface area contributed by atoms with E-state index >= 15 is 0 Å². The van der Waals surface area contributed by atoms with Gasteiger partial charge in [0.15, 0.2) is 0 Å². The largest absolute Gasteiger partial charge is 0.492 e. The van der Waals surface area contributed by atoms with Crippen LogP contribution in [0.25, 0.3) is 0 Å². The molecular formula is C16H22N2O2. The van der Waals surface area contributed by atoms with Gasteiger partial charge in [0.25, 0.3) is 0 Å². The Labute approximate surface area is 120 Å². The van der Waals surface area contributed by atoms with Crippen LogP contribution in [0.15, 0.2) is 24.3 Å². The summed E-state index contributed by atoms with van der Waals surface area (Å²) in [7, 11) is 2.12. The van der Waals surface area contributed by atoms with Gasteiger partial charge in [0.2, 0.25) is 0 Å². The highest BCUT2D eigenvalue weighted by atomic mass is 16.5. The van der Waals surface area contributed by atoms with Crippen molar-refractivity contribution >= 4 is 0 Å². The quantitative estimate of drug-likeness (QED) is 0.817. The van der Waals surface area contributed by atoms with Gasteiger partial charge in [-0.1, -0.05) is 17.9 Å². The molecule has 2 N–H and O–H groups in total. The molecule has 2 rings (SSSR count). The van der Waals surface area contributed by atoms with Gasteiger partial charge in [0, 0.05) is 24.8 Å². The summed E-state index contributed by atoms with van der Waals surface area (Å²) in [6, 6.07) is 8.33. The molecule has 0 aromatic heterocycles. The maximum atomic E-state index is 5.78. The SMILES string of the molecule is CN(CCOc1cccc(C#CCN)c1)C1CCOC1. The van der Waals surface area contributed by atoms with E-state index in [1.54, 1.807) is 0 Å². The Kier molecular flexibility index (Phi) is 5.87. The maximum Gasteiger partial charge on any atom is 0.120 e. The van der Waals surface area contributed by atoms with Crippen LogP contribution in [0.5, 0.6) is 5.75 Å². The molecule has 4 nitrogen and oxygen atoms in total. The molecule has 1 aliphatic heterocycles. The highest BCUT2D eigenvalue weighted by molar-refractivity contribution is 5.39. The topological polar surface area (TPSA) is 47.7 Å². The van der Waals surface area contributed by atoms with Crippen LogP contribution in [-0.2, 0) is 4.74 Å². The van der Waals surface area contributed by atoms with Crippen LogP contribution in [0.1, 0.15) is 12.0 Å². The van der Waals surface area contributed by atoms with Crippen molar-refractivity contribution in [3.63, 3.8) is 0 Å². The van der Waals surface area contributed by atoms with E-state index in [4.69, 9.17) is 15.2 Å². The first-order chi connectivity index (χ1) is 9.79. The molecule has 1 fully saturated rings. The van der Waals surface area contributed by atoms with E-state index in [-0.39, 0.29) is 0 Å². The maximum absolute atomic E-state index is 5.78. The number of nitrogens with zero attached hydrogens (tertiary/aromatic N) is 1. The molecule has 0 bridgehead atoms. The average molecular weight is 274 g/mol. The molecule has 0 aliphatic carbocycles. The summed E-state index contributed by atoms with van der Waals surface area (Å²) in [5, 5.41) is 0. The number of hydrogen-bond donors (Lipinski definition) is 1. The molecule has 0 amide bonds. The number of rotatable bonds is 5. The Hall–Kier alpha value is -1.54. The van der Waals surface area contributed by atoms with Crippen LogP contribution in [0.2, 0.25) is 0 Å².